The first-order chi connectivity index (χ1) is 8.36. The van der Waals surface area contributed by atoms with Gasteiger partial charge in [-0.25, -0.2) is 0 Å². The molecule has 1 aromatic rings. The van der Waals surface area contributed by atoms with Gasteiger partial charge in [-0.1, -0.05) is 13.8 Å². The van der Waals surface area contributed by atoms with E-state index >= 15 is 0 Å². The molecular formula is C15H25NO2. The van der Waals surface area contributed by atoms with Crippen LogP contribution in [0.15, 0.2) is 18.2 Å². The summed E-state index contributed by atoms with van der Waals surface area (Å²) in [6.45, 7) is 10.4. The van der Waals surface area contributed by atoms with Gasteiger partial charge in [-0.3, -0.25) is 0 Å². The lowest BCUT2D eigenvalue weighted by atomic mass is 10.1. The van der Waals surface area contributed by atoms with E-state index in [0.29, 0.717) is 11.6 Å². The summed E-state index contributed by atoms with van der Waals surface area (Å²) in [4.78, 5) is 0. The Hall–Kier alpha value is -1.38. The van der Waals surface area contributed by atoms with Crippen molar-refractivity contribution < 1.29 is 9.47 Å². The summed E-state index contributed by atoms with van der Waals surface area (Å²) >= 11 is 0. The average Bonchev–Trinajstić information content (AvgIpc) is 2.12. The summed E-state index contributed by atoms with van der Waals surface area (Å²) in [5.41, 5.74) is 6.52. The molecule has 0 fully saturated rings. The lowest BCUT2D eigenvalue weighted by molar-refractivity contribution is 0.191. The molecule has 0 spiro atoms. The third-order valence-electron chi connectivity index (χ3n) is 2.41. The van der Waals surface area contributed by atoms with Crippen molar-refractivity contribution in [2.45, 2.75) is 53.2 Å². The van der Waals surface area contributed by atoms with Crippen molar-refractivity contribution >= 4 is 5.69 Å². The predicted molar refractivity (Wildman–Crippen MR) is 76.2 cm³/mol. The number of anilines is 1. The number of nitrogens with two attached hydrogens (primary N) is 1. The zero-order valence-corrected chi connectivity index (χ0v) is 12.1. The third kappa shape index (κ3) is 5.30. The molecule has 102 valence electrons. The SMILES string of the molecule is CC(C)CC(C)Oc1cc(N)cc(OC(C)C)c1. The first kappa shape index (κ1) is 14.7. The van der Waals surface area contributed by atoms with Crippen molar-refractivity contribution in [3.63, 3.8) is 0 Å². The number of ether oxygens (including phenoxy) is 2. The molecule has 0 saturated carbocycles. The molecular weight excluding hydrogens is 226 g/mol. The van der Waals surface area contributed by atoms with Gasteiger partial charge in [-0.2, -0.15) is 0 Å². The van der Waals surface area contributed by atoms with Crippen LogP contribution >= 0.6 is 0 Å². The lowest BCUT2D eigenvalue weighted by Crippen LogP contribution is -2.14. The Morgan fingerprint density at radius 2 is 1.50 bits per heavy atom. The third-order valence-corrected chi connectivity index (χ3v) is 2.41. The van der Waals surface area contributed by atoms with Crippen molar-refractivity contribution in [1.82, 2.24) is 0 Å². The van der Waals surface area contributed by atoms with Gasteiger partial charge in [0.15, 0.2) is 0 Å². The molecule has 1 unspecified atom stereocenters. The molecule has 0 heterocycles. The van der Waals surface area contributed by atoms with E-state index in [-0.39, 0.29) is 12.2 Å². The normalized spacial score (nSPS) is 12.8. The second-order valence-electron chi connectivity index (χ2n) is 5.46. The summed E-state index contributed by atoms with van der Waals surface area (Å²) in [6.07, 6.45) is 1.33. The maximum absolute atomic E-state index is 5.87. The van der Waals surface area contributed by atoms with Crippen LogP contribution in [0.1, 0.15) is 41.0 Å². The van der Waals surface area contributed by atoms with E-state index < -0.39 is 0 Å². The van der Waals surface area contributed by atoms with Crippen molar-refractivity contribution in [1.29, 1.82) is 0 Å². The second kappa shape index (κ2) is 6.53. The molecule has 0 bridgehead atoms. The van der Waals surface area contributed by atoms with Gasteiger partial charge in [0.1, 0.15) is 11.5 Å². The molecule has 18 heavy (non-hydrogen) atoms. The van der Waals surface area contributed by atoms with Gasteiger partial charge < -0.3 is 15.2 Å². The minimum atomic E-state index is 0.132. The van der Waals surface area contributed by atoms with Crippen molar-refractivity contribution in [2.24, 2.45) is 5.92 Å². The number of hydrogen-bond acceptors (Lipinski definition) is 3. The monoisotopic (exact) mass is 251 g/mol. The van der Waals surface area contributed by atoms with E-state index in [4.69, 9.17) is 15.2 Å². The summed E-state index contributed by atoms with van der Waals surface area (Å²) in [5.74, 6) is 2.16. The van der Waals surface area contributed by atoms with Crippen LogP contribution in [0.2, 0.25) is 0 Å². The van der Waals surface area contributed by atoms with Crippen LogP contribution < -0.4 is 15.2 Å². The average molecular weight is 251 g/mol. The van der Waals surface area contributed by atoms with Crippen molar-refractivity contribution in [3.05, 3.63) is 18.2 Å². The number of nitrogen functional groups attached to an aromatic ring is 1. The fourth-order valence-electron chi connectivity index (χ4n) is 1.95. The highest BCUT2D eigenvalue weighted by Gasteiger charge is 2.09. The first-order valence-electron chi connectivity index (χ1n) is 6.60. The standard InChI is InChI=1S/C15H25NO2/c1-10(2)6-12(5)18-15-8-13(16)7-14(9-15)17-11(3)4/h7-12H,6,16H2,1-5H3. The molecule has 0 aromatic heterocycles. The van der Waals surface area contributed by atoms with Gasteiger partial charge in [0.25, 0.3) is 0 Å². The quantitative estimate of drug-likeness (QED) is 0.781. The van der Waals surface area contributed by atoms with Crippen molar-refractivity contribution in [2.75, 3.05) is 5.73 Å². The maximum Gasteiger partial charge on any atom is 0.125 e. The molecule has 1 atom stereocenters. The van der Waals surface area contributed by atoms with Gasteiger partial charge in [-0.15, -0.1) is 0 Å². The molecule has 2 N–H and O–H groups in total. The zero-order valence-electron chi connectivity index (χ0n) is 12.1. The van der Waals surface area contributed by atoms with E-state index in [2.05, 4.69) is 20.8 Å². The van der Waals surface area contributed by atoms with Gasteiger partial charge >= 0.3 is 0 Å². The van der Waals surface area contributed by atoms with Crippen LogP contribution in [0.4, 0.5) is 5.69 Å². The summed E-state index contributed by atoms with van der Waals surface area (Å²) in [7, 11) is 0. The van der Waals surface area contributed by atoms with E-state index in [1.54, 1.807) is 0 Å². The number of rotatable bonds is 6. The Morgan fingerprint density at radius 3 is 2.00 bits per heavy atom. The molecule has 0 amide bonds. The molecule has 0 aliphatic heterocycles. The van der Waals surface area contributed by atoms with Crippen LogP contribution in [0.25, 0.3) is 0 Å². The molecule has 1 aromatic carbocycles. The van der Waals surface area contributed by atoms with Gasteiger partial charge in [0, 0.05) is 23.9 Å². The first-order valence-corrected chi connectivity index (χ1v) is 6.60. The van der Waals surface area contributed by atoms with Crippen molar-refractivity contribution in [3.8, 4) is 11.5 Å². The molecule has 0 aliphatic carbocycles. The Bertz CT molecular complexity index is 375. The van der Waals surface area contributed by atoms with Gasteiger partial charge in [0.05, 0.1) is 12.2 Å². The highest BCUT2D eigenvalue weighted by Crippen LogP contribution is 2.26. The largest absolute Gasteiger partial charge is 0.491 e. The predicted octanol–water partition coefficient (Wildman–Crippen LogP) is 3.87. The van der Waals surface area contributed by atoms with Crippen LogP contribution in [-0.2, 0) is 0 Å². The van der Waals surface area contributed by atoms with E-state index in [1.807, 2.05) is 32.0 Å². The Morgan fingerprint density at radius 1 is 0.944 bits per heavy atom. The van der Waals surface area contributed by atoms with Gasteiger partial charge in [0.2, 0.25) is 0 Å². The maximum atomic E-state index is 5.87. The summed E-state index contributed by atoms with van der Waals surface area (Å²) in [6, 6.07) is 5.55. The second-order valence-corrected chi connectivity index (χ2v) is 5.46. The van der Waals surface area contributed by atoms with Crippen LogP contribution in [0.3, 0.4) is 0 Å². The fourth-order valence-corrected chi connectivity index (χ4v) is 1.95. The van der Waals surface area contributed by atoms with Crippen LogP contribution in [0, 0.1) is 5.92 Å². The molecule has 0 aliphatic rings. The van der Waals surface area contributed by atoms with Crippen LogP contribution in [0.5, 0.6) is 11.5 Å². The Kier molecular flexibility index (Phi) is 5.32. The molecule has 3 nitrogen and oxygen atoms in total. The topological polar surface area (TPSA) is 44.5 Å². The molecule has 0 radical (unpaired) electrons. The summed E-state index contributed by atoms with van der Waals surface area (Å²) in [5, 5.41) is 0. The van der Waals surface area contributed by atoms with Gasteiger partial charge in [-0.05, 0) is 33.1 Å². The number of hydrogen-bond donors (Lipinski definition) is 1. The minimum absolute atomic E-state index is 0.132. The van der Waals surface area contributed by atoms with Crippen LogP contribution in [-0.4, -0.2) is 12.2 Å². The zero-order chi connectivity index (χ0) is 13.7. The Labute approximate surface area is 110 Å². The number of benzene rings is 1. The fraction of sp³-hybridized carbons (Fsp3) is 0.600. The molecule has 1 rings (SSSR count). The van der Waals surface area contributed by atoms with E-state index in [9.17, 15) is 0 Å². The lowest BCUT2D eigenvalue weighted by Gasteiger charge is -2.18. The van der Waals surface area contributed by atoms with E-state index in [0.717, 1.165) is 17.9 Å². The van der Waals surface area contributed by atoms with E-state index in [1.165, 1.54) is 0 Å². The molecule has 3 heteroatoms. The Balaban J connectivity index is 2.73. The summed E-state index contributed by atoms with van der Waals surface area (Å²) < 4.78 is 11.5. The smallest absolute Gasteiger partial charge is 0.125 e. The highest BCUT2D eigenvalue weighted by atomic mass is 16.5. The molecule has 0 saturated heterocycles. The highest BCUT2D eigenvalue weighted by molar-refractivity contribution is 5.50. The minimum Gasteiger partial charge on any atom is -0.491 e.